The summed E-state index contributed by atoms with van der Waals surface area (Å²) in [5.41, 5.74) is 0. The molecule has 0 atom stereocenters. The normalized spacial score (nSPS) is 11.3. The van der Waals surface area contributed by atoms with Gasteiger partial charge in [-0.05, 0) is 39.8 Å². The molecule has 0 amide bonds. The largest absolute Gasteiger partial charge is 0.493 e. The molecule has 0 saturated carbocycles. The molecular weight excluding hydrogens is 226 g/mol. The first-order valence-corrected chi connectivity index (χ1v) is 6.55. The van der Waals surface area contributed by atoms with E-state index in [-0.39, 0.29) is 0 Å². The molecule has 1 heterocycles. The minimum atomic E-state index is 0.553. The second-order valence-corrected chi connectivity index (χ2v) is 4.91. The van der Waals surface area contributed by atoms with E-state index in [1.165, 1.54) is 0 Å². The van der Waals surface area contributed by atoms with Gasteiger partial charge in [0, 0.05) is 31.4 Å². The summed E-state index contributed by atoms with van der Waals surface area (Å²) in [6.45, 7) is 10.8. The number of nitrogens with one attached hydrogen (secondary N) is 1. The third-order valence-corrected chi connectivity index (χ3v) is 2.98. The lowest BCUT2D eigenvalue weighted by Gasteiger charge is -2.30. The van der Waals surface area contributed by atoms with E-state index in [0.29, 0.717) is 12.1 Å². The van der Waals surface area contributed by atoms with Crippen LogP contribution in [0, 0.1) is 0 Å². The number of methoxy groups -OCH3 is 1. The zero-order chi connectivity index (χ0) is 13.5. The highest BCUT2D eigenvalue weighted by Crippen LogP contribution is 2.19. The van der Waals surface area contributed by atoms with E-state index >= 15 is 0 Å². The lowest BCUT2D eigenvalue weighted by molar-refractivity contribution is 0.182. The van der Waals surface area contributed by atoms with Crippen LogP contribution in [0.2, 0.25) is 0 Å². The van der Waals surface area contributed by atoms with Crippen LogP contribution in [-0.4, -0.2) is 42.2 Å². The van der Waals surface area contributed by atoms with Crippen LogP contribution >= 0.6 is 0 Å². The van der Waals surface area contributed by atoms with Crippen molar-refractivity contribution < 1.29 is 4.74 Å². The highest BCUT2D eigenvalue weighted by atomic mass is 16.5. The van der Waals surface area contributed by atoms with Gasteiger partial charge in [0.15, 0.2) is 11.6 Å². The van der Waals surface area contributed by atoms with Crippen LogP contribution in [0.25, 0.3) is 0 Å². The van der Waals surface area contributed by atoms with E-state index in [4.69, 9.17) is 4.74 Å². The maximum atomic E-state index is 5.26. The van der Waals surface area contributed by atoms with E-state index in [2.05, 4.69) is 42.9 Å². The summed E-state index contributed by atoms with van der Waals surface area (Å²) in [6.07, 6.45) is 1.77. The van der Waals surface area contributed by atoms with Gasteiger partial charge in [0.1, 0.15) is 0 Å². The molecule has 0 radical (unpaired) electrons. The Morgan fingerprint density at radius 1 is 1.28 bits per heavy atom. The summed E-state index contributed by atoms with van der Waals surface area (Å²) >= 11 is 0. The maximum absolute atomic E-state index is 5.26. The zero-order valence-electron chi connectivity index (χ0n) is 12.1. The number of aromatic nitrogens is 1. The molecule has 0 unspecified atom stereocenters. The van der Waals surface area contributed by atoms with Gasteiger partial charge < -0.3 is 10.1 Å². The van der Waals surface area contributed by atoms with E-state index in [0.717, 1.165) is 24.7 Å². The van der Waals surface area contributed by atoms with Gasteiger partial charge in [-0.15, -0.1) is 0 Å². The highest BCUT2D eigenvalue weighted by molar-refractivity contribution is 5.49. The fourth-order valence-electron chi connectivity index (χ4n) is 2.10. The predicted molar refractivity (Wildman–Crippen MR) is 76.3 cm³/mol. The smallest absolute Gasteiger partial charge is 0.168 e. The Hall–Kier alpha value is -1.29. The van der Waals surface area contributed by atoms with Gasteiger partial charge in [-0.2, -0.15) is 0 Å². The Labute approximate surface area is 110 Å². The van der Waals surface area contributed by atoms with Crippen molar-refractivity contribution in [3.05, 3.63) is 18.3 Å². The Morgan fingerprint density at radius 2 is 1.94 bits per heavy atom. The van der Waals surface area contributed by atoms with Crippen molar-refractivity contribution in [1.29, 1.82) is 0 Å². The molecule has 0 aliphatic heterocycles. The van der Waals surface area contributed by atoms with Crippen molar-refractivity contribution in [2.75, 3.05) is 25.5 Å². The fraction of sp³-hybridized carbons (Fsp3) is 0.643. The Kier molecular flexibility index (Phi) is 5.92. The summed E-state index contributed by atoms with van der Waals surface area (Å²) in [5, 5.41) is 3.33. The van der Waals surface area contributed by atoms with Gasteiger partial charge in [-0.3, -0.25) is 4.90 Å². The number of nitrogens with zero attached hydrogens (tertiary/aromatic N) is 2. The molecule has 0 fully saturated rings. The van der Waals surface area contributed by atoms with Crippen molar-refractivity contribution in [3.63, 3.8) is 0 Å². The summed E-state index contributed by atoms with van der Waals surface area (Å²) in [6, 6.07) is 4.89. The molecule has 4 nitrogen and oxygen atoms in total. The van der Waals surface area contributed by atoms with E-state index in [1.807, 2.05) is 12.1 Å². The monoisotopic (exact) mass is 251 g/mol. The Balaban J connectivity index is 2.50. The average molecular weight is 251 g/mol. The molecule has 1 N–H and O–H groups in total. The summed E-state index contributed by atoms with van der Waals surface area (Å²) in [4.78, 5) is 6.73. The first kappa shape index (κ1) is 14.8. The number of rotatable bonds is 7. The van der Waals surface area contributed by atoms with Gasteiger partial charge in [-0.25, -0.2) is 4.98 Å². The molecule has 4 heteroatoms. The lowest BCUT2D eigenvalue weighted by Crippen LogP contribution is -2.40. The fourth-order valence-corrected chi connectivity index (χ4v) is 2.10. The van der Waals surface area contributed by atoms with Crippen molar-refractivity contribution in [3.8, 4) is 5.75 Å². The van der Waals surface area contributed by atoms with Gasteiger partial charge in [0.2, 0.25) is 0 Å². The molecule has 0 spiro atoms. The zero-order valence-corrected chi connectivity index (χ0v) is 12.1. The standard InChI is InChI=1S/C14H25N3O/c1-11(2)17(12(3)4)10-9-16-14-13(18-5)7-6-8-15-14/h6-8,11-12H,9-10H2,1-5H3,(H,15,16). The first-order chi connectivity index (χ1) is 8.56. The number of ether oxygens (including phenoxy) is 1. The van der Waals surface area contributed by atoms with Crippen LogP contribution in [0.5, 0.6) is 5.75 Å². The molecule has 1 aromatic rings. The van der Waals surface area contributed by atoms with Crippen molar-refractivity contribution in [2.24, 2.45) is 0 Å². The van der Waals surface area contributed by atoms with Gasteiger partial charge in [0.25, 0.3) is 0 Å². The van der Waals surface area contributed by atoms with E-state index < -0.39 is 0 Å². The number of pyridine rings is 1. The highest BCUT2D eigenvalue weighted by Gasteiger charge is 2.12. The quantitative estimate of drug-likeness (QED) is 0.808. The molecule has 0 aliphatic rings. The van der Waals surface area contributed by atoms with Crippen molar-refractivity contribution in [1.82, 2.24) is 9.88 Å². The molecular formula is C14H25N3O. The SMILES string of the molecule is COc1cccnc1NCCN(C(C)C)C(C)C. The van der Waals surface area contributed by atoms with Crippen molar-refractivity contribution >= 4 is 5.82 Å². The second-order valence-electron chi connectivity index (χ2n) is 4.91. The van der Waals surface area contributed by atoms with Crippen LogP contribution in [0.15, 0.2) is 18.3 Å². The van der Waals surface area contributed by atoms with Gasteiger partial charge in [0.05, 0.1) is 7.11 Å². The van der Waals surface area contributed by atoms with Crippen LogP contribution < -0.4 is 10.1 Å². The van der Waals surface area contributed by atoms with Crippen LogP contribution in [-0.2, 0) is 0 Å². The number of anilines is 1. The van der Waals surface area contributed by atoms with E-state index in [1.54, 1.807) is 13.3 Å². The molecule has 0 aromatic carbocycles. The summed E-state index contributed by atoms with van der Waals surface area (Å²) in [5.74, 6) is 1.60. The average Bonchev–Trinajstić information content (AvgIpc) is 2.34. The van der Waals surface area contributed by atoms with E-state index in [9.17, 15) is 0 Å². The molecule has 0 aliphatic carbocycles. The number of hydrogen-bond donors (Lipinski definition) is 1. The molecule has 102 valence electrons. The van der Waals surface area contributed by atoms with Crippen molar-refractivity contribution in [2.45, 2.75) is 39.8 Å². The summed E-state index contributed by atoms with van der Waals surface area (Å²) in [7, 11) is 1.66. The summed E-state index contributed by atoms with van der Waals surface area (Å²) < 4.78 is 5.26. The lowest BCUT2D eigenvalue weighted by atomic mass is 10.2. The third kappa shape index (κ3) is 4.18. The molecule has 18 heavy (non-hydrogen) atoms. The first-order valence-electron chi connectivity index (χ1n) is 6.55. The topological polar surface area (TPSA) is 37.4 Å². The minimum Gasteiger partial charge on any atom is -0.493 e. The number of hydrogen-bond acceptors (Lipinski definition) is 4. The van der Waals surface area contributed by atoms with Crippen LogP contribution in [0.4, 0.5) is 5.82 Å². The third-order valence-electron chi connectivity index (χ3n) is 2.98. The molecule has 1 aromatic heterocycles. The predicted octanol–water partition coefficient (Wildman–Crippen LogP) is 2.62. The Bertz CT molecular complexity index is 345. The second kappa shape index (κ2) is 7.21. The van der Waals surface area contributed by atoms with Crippen LogP contribution in [0.3, 0.4) is 0 Å². The van der Waals surface area contributed by atoms with Crippen LogP contribution in [0.1, 0.15) is 27.7 Å². The van der Waals surface area contributed by atoms with Gasteiger partial charge >= 0.3 is 0 Å². The Morgan fingerprint density at radius 3 is 2.50 bits per heavy atom. The molecule has 1 rings (SSSR count). The maximum Gasteiger partial charge on any atom is 0.168 e. The minimum absolute atomic E-state index is 0.553. The molecule has 0 bridgehead atoms. The van der Waals surface area contributed by atoms with Gasteiger partial charge in [-0.1, -0.05) is 0 Å². The molecule has 0 saturated heterocycles.